The van der Waals surface area contributed by atoms with Crippen LogP contribution in [0, 0.1) is 5.82 Å². The van der Waals surface area contributed by atoms with Crippen molar-refractivity contribution in [3.05, 3.63) is 35.6 Å². The van der Waals surface area contributed by atoms with Crippen molar-refractivity contribution in [2.24, 2.45) is 0 Å². The molecule has 1 saturated carbocycles. The van der Waals surface area contributed by atoms with E-state index in [4.69, 9.17) is 0 Å². The van der Waals surface area contributed by atoms with Crippen LogP contribution in [0.15, 0.2) is 24.3 Å². The fourth-order valence-electron chi connectivity index (χ4n) is 3.21. The number of rotatable bonds is 6. The second-order valence-corrected chi connectivity index (χ2v) is 5.98. The van der Waals surface area contributed by atoms with Crippen LogP contribution in [0.1, 0.15) is 44.1 Å². The van der Waals surface area contributed by atoms with E-state index in [1.807, 2.05) is 13.1 Å². The maximum absolute atomic E-state index is 13.6. The highest BCUT2D eigenvalue weighted by molar-refractivity contribution is 5.85. The Balaban J connectivity index is 0.00000242. The molecule has 5 heteroatoms. The van der Waals surface area contributed by atoms with E-state index in [0.29, 0.717) is 19.5 Å². The van der Waals surface area contributed by atoms with Gasteiger partial charge >= 0.3 is 0 Å². The quantitative estimate of drug-likeness (QED) is 0.842. The molecule has 0 atom stereocenters. The van der Waals surface area contributed by atoms with Gasteiger partial charge in [-0.25, -0.2) is 4.39 Å². The Morgan fingerprint density at radius 1 is 1.27 bits per heavy atom. The van der Waals surface area contributed by atoms with Crippen molar-refractivity contribution in [2.75, 3.05) is 20.1 Å². The van der Waals surface area contributed by atoms with E-state index in [-0.39, 0.29) is 29.5 Å². The summed E-state index contributed by atoms with van der Waals surface area (Å²) in [6, 6.07) is 6.87. The molecular formula is C17H26ClFN2O. The molecule has 2 N–H and O–H groups in total. The van der Waals surface area contributed by atoms with Crippen LogP contribution in [0.2, 0.25) is 0 Å². The molecular weight excluding hydrogens is 303 g/mol. The maximum atomic E-state index is 13.6. The molecule has 0 heterocycles. The highest BCUT2D eigenvalue weighted by Crippen LogP contribution is 2.39. The lowest BCUT2D eigenvalue weighted by Crippen LogP contribution is -2.42. The monoisotopic (exact) mass is 328 g/mol. The molecule has 1 aromatic rings. The highest BCUT2D eigenvalue weighted by atomic mass is 35.5. The molecule has 0 radical (unpaired) electrons. The molecule has 1 aliphatic carbocycles. The van der Waals surface area contributed by atoms with Crippen LogP contribution < -0.4 is 10.6 Å². The van der Waals surface area contributed by atoms with E-state index < -0.39 is 0 Å². The van der Waals surface area contributed by atoms with Crippen LogP contribution >= 0.6 is 12.4 Å². The third-order valence-electron chi connectivity index (χ3n) is 4.47. The molecule has 124 valence electrons. The zero-order valence-corrected chi connectivity index (χ0v) is 14.0. The summed E-state index contributed by atoms with van der Waals surface area (Å²) >= 11 is 0. The third kappa shape index (κ3) is 4.96. The summed E-state index contributed by atoms with van der Waals surface area (Å²) in [5.74, 6) is -0.135. The van der Waals surface area contributed by atoms with Crippen molar-refractivity contribution in [1.29, 1.82) is 0 Å². The van der Waals surface area contributed by atoms with Gasteiger partial charge in [0.1, 0.15) is 5.82 Å². The SMILES string of the molecule is CNCCC(=O)NCC1(c2cccc(F)c2)CCCCC1.Cl. The molecule has 1 amide bonds. The molecule has 22 heavy (non-hydrogen) atoms. The molecule has 0 saturated heterocycles. The average molecular weight is 329 g/mol. The van der Waals surface area contributed by atoms with Crippen LogP contribution in [-0.2, 0) is 10.2 Å². The summed E-state index contributed by atoms with van der Waals surface area (Å²) in [5, 5.41) is 6.02. The summed E-state index contributed by atoms with van der Waals surface area (Å²) in [5.41, 5.74) is 0.923. The standard InChI is InChI=1S/C17H25FN2O.ClH/c1-19-11-8-16(21)20-13-17(9-3-2-4-10-17)14-6-5-7-15(18)12-14;/h5-7,12,19H,2-4,8-11,13H2,1H3,(H,20,21);1H. The Morgan fingerprint density at radius 3 is 2.64 bits per heavy atom. The molecule has 0 aromatic heterocycles. The normalized spacial score (nSPS) is 16.6. The first-order valence-electron chi connectivity index (χ1n) is 7.84. The van der Waals surface area contributed by atoms with Crippen molar-refractivity contribution in [2.45, 2.75) is 43.9 Å². The molecule has 1 aromatic carbocycles. The van der Waals surface area contributed by atoms with Crippen molar-refractivity contribution in [3.63, 3.8) is 0 Å². The lowest BCUT2D eigenvalue weighted by Gasteiger charge is -2.38. The first-order valence-corrected chi connectivity index (χ1v) is 7.84. The zero-order valence-electron chi connectivity index (χ0n) is 13.2. The maximum Gasteiger partial charge on any atom is 0.221 e. The van der Waals surface area contributed by atoms with E-state index in [9.17, 15) is 9.18 Å². The Bertz CT molecular complexity index is 475. The fourth-order valence-corrected chi connectivity index (χ4v) is 3.21. The van der Waals surface area contributed by atoms with Gasteiger partial charge in [0, 0.05) is 24.9 Å². The minimum absolute atomic E-state index is 0. The summed E-state index contributed by atoms with van der Waals surface area (Å²) in [7, 11) is 1.84. The number of halogens is 2. The van der Waals surface area contributed by atoms with E-state index in [2.05, 4.69) is 10.6 Å². The van der Waals surface area contributed by atoms with Crippen LogP contribution in [-0.4, -0.2) is 26.0 Å². The van der Waals surface area contributed by atoms with Crippen LogP contribution in [0.4, 0.5) is 4.39 Å². The lowest BCUT2D eigenvalue weighted by molar-refractivity contribution is -0.121. The molecule has 1 fully saturated rings. The molecule has 3 nitrogen and oxygen atoms in total. The second kappa shape index (κ2) is 9.11. The van der Waals surface area contributed by atoms with Gasteiger partial charge in [-0.3, -0.25) is 4.79 Å². The number of carbonyl (C=O) groups excluding carboxylic acids is 1. The van der Waals surface area contributed by atoms with Gasteiger partial charge in [-0.1, -0.05) is 31.4 Å². The van der Waals surface area contributed by atoms with E-state index in [1.54, 1.807) is 12.1 Å². The van der Waals surface area contributed by atoms with Crippen molar-refractivity contribution in [1.82, 2.24) is 10.6 Å². The molecule has 2 rings (SSSR count). The van der Waals surface area contributed by atoms with Gasteiger partial charge < -0.3 is 10.6 Å². The van der Waals surface area contributed by atoms with Gasteiger partial charge in [0.25, 0.3) is 0 Å². The summed E-state index contributed by atoms with van der Waals surface area (Å²) in [6.45, 7) is 1.29. The Hall–Kier alpha value is -1.13. The highest BCUT2D eigenvalue weighted by Gasteiger charge is 2.34. The molecule has 0 spiro atoms. The third-order valence-corrected chi connectivity index (χ3v) is 4.47. The molecule has 0 unspecified atom stereocenters. The van der Waals surface area contributed by atoms with E-state index >= 15 is 0 Å². The summed E-state index contributed by atoms with van der Waals surface area (Å²) in [4.78, 5) is 11.9. The number of amides is 1. The van der Waals surface area contributed by atoms with Crippen molar-refractivity contribution < 1.29 is 9.18 Å². The van der Waals surface area contributed by atoms with Crippen molar-refractivity contribution >= 4 is 18.3 Å². The number of hydrogen-bond donors (Lipinski definition) is 2. The largest absolute Gasteiger partial charge is 0.355 e. The Labute approximate surface area is 138 Å². The number of hydrogen-bond acceptors (Lipinski definition) is 2. The van der Waals surface area contributed by atoms with Gasteiger partial charge in [0.15, 0.2) is 0 Å². The van der Waals surface area contributed by atoms with Crippen LogP contribution in [0.5, 0.6) is 0 Å². The number of benzene rings is 1. The van der Waals surface area contributed by atoms with Crippen LogP contribution in [0.3, 0.4) is 0 Å². The molecule has 1 aliphatic rings. The minimum atomic E-state index is -0.195. The predicted molar refractivity (Wildman–Crippen MR) is 90.0 cm³/mol. The fraction of sp³-hybridized carbons (Fsp3) is 0.588. The van der Waals surface area contributed by atoms with Gasteiger partial charge in [-0.2, -0.15) is 0 Å². The summed E-state index contributed by atoms with van der Waals surface area (Å²) < 4.78 is 13.6. The minimum Gasteiger partial charge on any atom is -0.355 e. The van der Waals surface area contributed by atoms with Gasteiger partial charge in [-0.15, -0.1) is 12.4 Å². The number of carbonyl (C=O) groups is 1. The second-order valence-electron chi connectivity index (χ2n) is 5.98. The van der Waals surface area contributed by atoms with Crippen LogP contribution in [0.25, 0.3) is 0 Å². The molecule has 0 bridgehead atoms. The lowest BCUT2D eigenvalue weighted by atomic mass is 9.69. The first-order chi connectivity index (χ1) is 10.2. The Morgan fingerprint density at radius 2 is 2.00 bits per heavy atom. The summed E-state index contributed by atoms with van der Waals surface area (Å²) in [6.07, 6.45) is 6.03. The topological polar surface area (TPSA) is 41.1 Å². The zero-order chi connectivity index (χ0) is 15.1. The predicted octanol–water partition coefficient (Wildman–Crippen LogP) is 3.18. The average Bonchev–Trinajstić information content (AvgIpc) is 2.52. The van der Waals surface area contributed by atoms with Crippen molar-refractivity contribution in [3.8, 4) is 0 Å². The molecule has 0 aliphatic heterocycles. The van der Waals surface area contributed by atoms with Gasteiger partial charge in [-0.05, 0) is 37.6 Å². The van der Waals surface area contributed by atoms with Gasteiger partial charge in [0.2, 0.25) is 5.91 Å². The van der Waals surface area contributed by atoms with E-state index in [0.717, 1.165) is 31.2 Å². The number of nitrogens with one attached hydrogen (secondary N) is 2. The van der Waals surface area contributed by atoms with E-state index in [1.165, 1.54) is 12.5 Å². The van der Waals surface area contributed by atoms with Gasteiger partial charge in [0.05, 0.1) is 0 Å². The smallest absolute Gasteiger partial charge is 0.221 e. The Kier molecular flexibility index (Phi) is 7.83. The first kappa shape index (κ1) is 18.9.